The molecule has 0 aliphatic carbocycles. The van der Waals surface area contributed by atoms with Gasteiger partial charge in [0.05, 0.1) is 5.69 Å². The zero-order valence-electron chi connectivity index (χ0n) is 11.6. The van der Waals surface area contributed by atoms with E-state index in [-0.39, 0.29) is 6.03 Å². The van der Waals surface area contributed by atoms with Crippen LogP contribution in [0.3, 0.4) is 0 Å². The first-order chi connectivity index (χ1) is 9.01. The molecule has 0 radical (unpaired) electrons. The zero-order chi connectivity index (χ0) is 14.0. The van der Waals surface area contributed by atoms with Gasteiger partial charge in [-0.1, -0.05) is 6.07 Å². The van der Waals surface area contributed by atoms with Crippen LogP contribution in [0.2, 0.25) is 0 Å². The Morgan fingerprint density at radius 3 is 2.53 bits per heavy atom. The fourth-order valence-electron chi connectivity index (χ4n) is 1.98. The molecule has 2 aromatic rings. The number of aromatic nitrogens is 2. The van der Waals surface area contributed by atoms with Crippen molar-refractivity contribution in [2.75, 3.05) is 17.7 Å². The van der Waals surface area contributed by atoms with Gasteiger partial charge in [0, 0.05) is 24.1 Å². The van der Waals surface area contributed by atoms with E-state index in [0.717, 1.165) is 28.3 Å². The fourth-order valence-corrected chi connectivity index (χ4v) is 1.98. The van der Waals surface area contributed by atoms with Crippen molar-refractivity contribution in [1.82, 2.24) is 9.78 Å². The summed E-state index contributed by atoms with van der Waals surface area (Å²) in [6.45, 7) is 5.73. The van der Waals surface area contributed by atoms with Gasteiger partial charge in [-0.3, -0.25) is 0 Å². The Kier molecular flexibility index (Phi) is 3.55. The largest absolute Gasteiger partial charge is 0.388 e. The lowest BCUT2D eigenvalue weighted by atomic mass is 10.2. The van der Waals surface area contributed by atoms with E-state index in [1.54, 1.807) is 0 Å². The molecule has 1 heterocycles. The Hall–Kier alpha value is -2.30. The lowest BCUT2D eigenvalue weighted by molar-refractivity contribution is 0.250. The van der Waals surface area contributed by atoms with Crippen molar-refractivity contribution in [3.63, 3.8) is 0 Å². The van der Waals surface area contributed by atoms with E-state index in [1.807, 2.05) is 52.1 Å². The lowest BCUT2D eigenvalue weighted by Crippen LogP contribution is -2.21. The third-order valence-electron chi connectivity index (χ3n) is 2.96. The molecule has 0 aliphatic heterocycles. The Balaban J connectivity index is 2.21. The summed E-state index contributed by atoms with van der Waals surface area (Å²) in [5.41, 5.74) is 4.51. The third-order valence-corrected chi connectivity index (χ3v) is 2.96. The SMILES string of the molecule is CNc1cc(NC(=O)n2nc(C)cc2C)ccc1C. The first kappa shape index (κ1) is 13.1. The van der Waals surface area contributed by atoms with Crippen LogP contribution < -0.4 is 10.6 Å². The summed E-state index contributed by atoms with van der Waals surface area (Å²) in [6.07, 6.45) is 0. The predicted octanol–water partition coefficient (Wildman–Crippen LogP) is 2.93. The highest BCUT2D eigenvalue weighted by Gasteiger charge is 2.10. The molecule has 2 rings (SSSR count). The summed E-state index contributed by atoms with van der Waals surface area (Å²) in [7, 11) is 1.86. The van der Waals surface area contributed by atoms with Gasteiger partial charge >= 0.3 is 6.03 Å². The van der Waals surface area contributed by atoms with Crippen molar-refractivity contribution in [3.05, 3.63) is 41.2 Å². The fraction of sp³-hybridized carbons (Fsp3) is 0.286. The maximum atomic E-state index is 12.1. The van der Waals surface area contributed by atoms with Crippen molar-refractivity contribution in [2.24, 2.45) is 0 Å². The Morgan fingerprint density at radius 2 is 1.95 bits per heavy atom. The molecule has 0 fully saturated rings. The molecule has 1 aromatic carbocycles. The first-order valence-corrected chi connectivity index (χ1v) is 6.14. The molecule has 19 heavy (non-hydrogen) atoms. The van der Waals surface area contributed by atoms with Gasteiger partial charge in [0.25, 0.3) is 0 Å². The van der Waals surface area contributed by atoms with E-state index in [2.05, 4.69) is 15.7 Å². The van der Waals surface area contributed by atoms with Gasteiger partial charge in [-0.15, -0.1) is 0 Å². The van der Waals surface area contributed by atoms with Crippen LogP contribution in [-0.4, -0.2) is 22.9 Å². The molecule has 0 saturated heterocycles. The van der Waals surface area contributed by atoms with Crippen LogP contribution in [0.1, 0.15) is 17.0 Å². The number of hydrogen-bond acceptors (Lipinski definition) is 3. The molecule has 0 unspecified atom stereocenters. The van der Waals surface area contributed by atoms with E-state index in [0.29, 0.717) is 0 Å². The lowest BCUT2D eigenvalue weighted by Gasteiger charge is -2.10. The maximum Gasteiger partial charge on any atom is 0.346 e. The minimum atomic E-state index is -0.253. The average Bonchev–Trinajstić information content (AvgIpc) is 2.71. The van der Waals surface area contributed by atoms with Crippen molar-refractivity contribution in [3.8, 4) is 0 Å². The molecule has 0 saturated carbocycles. The topological polar surface area (TPSA) is 58.9 Å². The van der Waals surface area contributed by atoms with Crippen LogP contribution in [0.4, 0.5) is 16.2 Å². The molecule has 0 atom stereocenters. The van der Waals surface area contributed by atoms with E-state index in [9.17, 15) is 4.79 Å². The summed E-state index contributed by atoms with van der Waals surface area (Å²) >= 11 is 0. The maximum absolute atomic E-state index is 12.1. The number of amides is 1. The third kappa shape index (κ3) is 2.76. The highest BCUT2D eigenvalue weighted by Crippen LogP contribution is 2.19. The van der Waals surface area contributed by atoms with Crippen LogP contribution in [0.25, 0.3) is 0 Å². The van der Waals surface area contributed by atoms with Crippen molar-refractivity contribution >= 4 is 17.4 Å². The predicted molar refractivity (Wildman–Crippen MR) is 76.8 cm³/mol. The van der Waals surface area contributed by atoms with Crippen LogP contribution >= 0.6 is 0 Å². The second kappa shape index (κ2) is 5.14. The Bertz CT molecular complexity index is 616. The average molecular weight is 258 g/mol. The van der Waals surface area contributed by atoms with Crippen molar-refractivity contribution in [1.29, 1.82) is 0 Å². The summed E-state index contributed by atoms with van der Waals surface area (Å²) in [5, 5.41) is 10.1. The smallest absolute Gasteiger partial charge is 0.346 e. The molecule has 0 spiro atoms. The van der Waals surface area contributed by atoms with Crippen LogP contribution in [0, 0.1) is 20.8 Å². The van der Waals surface area contributed by atoms with Crippen LogP contribution in [0.15, 0.2) is 24.3 Å². The summed E-state index contributed by atoms with van der Waals surface area (Å²) in [5.74, 6) is 0. The minimum absolute atomic E-state index is 0.253. The second-order valence-electron chi connectivity index (χ2n) is 4.55. The van der Waals surface area contributed by atoms with Gasteiger partial charge in [-0.2, -0.15) is 9.78 Å². The molecule has 0 bridgehead atoms. The van der Waals surface area contributed by atoms with Gasteiger partial charge in [-0.05, 0) is 44.5 Å². The normalized spacial score (nSPS) is 10.3. The van der Waals surface area contributed by atoms with Gasteiger partial charge in [0.2, 0.25) is 0 Å². The number of carbonyl (C=O) groups excluding carboxylic acids is 1. The molecule has 1 aromatic heterocycles. The molecular weight excluding hydrogens is 240 g/mol. The number of nitrogens with one attached hydrogen (secondary N) is 2. The monoisotopic (exact) mass is 258 g/mol. The van der Waals surface area contributed by atoms with Crippen LogP contribution in [-0.2, 0) is 0 Å². The molecule has 5 heteroatoms. The minimum Gasteiger partial charge on any atom is -0.388 e. The highest BCUT2D eigenvalue weighted by molar-refractivity contribution is 5.91. The Morgan fingerprint density at radius 1 is 1.21 bits per heavy atom. The molecule has 1 amide bonds. The number of aryl methyl sites for hydroxylation is 3. The number of rotatable bonds is 2. The summed E-state index contributed by atoms with van der Waals surface area (Å²) in [4.78, 5) is 12.1. The summed E-state index contributed by atoms with van der Waals surface area (Å²) in [6, 6.07) is 7.35. The van der Waals surface area contributed by atoms with Gasteiger partial charge in [-0.25, -0.2) is 4.79 Å². The Labute approximate surface area is 112 Å². The van der Waals surface area contributed by atoms with Crippen LogP contribution in [0.5, 0.6) is 0 Å². The van der Waals surface area contributed by atoms with E-state index < -0.39 is 0 Å². The van der Waals surface area contributed by atoms with Gasteiger partial charge in [0.1, 0.15) is 0 Å². The number of hydrogen-bond donors (Lipinski definition) is 2. The summed E-state index contributed by atoms with van der Waals surface area (Å²) < 4.78 is 1.37. The van der Waals surface area contributed by atoms with Gasteiger partial charge in [0.15, 0.2) is 0 Å². The van der Waals surface area contributed by atoms with E-state index in [4.69, 9.17) is 0 Å². The van der Waals surface area contributed by atoms with E-state index in [1.165, 1.54) is 4.68 Å². The molecule has 2 N–H and O–H groups in total. The molecule has 100 valence electrons. The van der Waals surface area contributed by atoms with Crippen molar-refractivity contribution in [2.45, 2.75) is 20.8 Å². The molecule has 0 aliphatic rings. The molecule has 5 nitrogen and oxygen atoms in total. The van der Waals surface area contributed by atoms with E-state index >= 15 is 0 Å². The molecular formula is C14H18N4O. The zero-order valence-corrected chi connectivity index (χ0v) is 11.6. The van der Waals surface area contributed by atoms with Crippen molar-refractivity contribution < 1.29 is 4.79 Å². The highest BCUT2D eigenvalue weighted by atomic mass is 16.2. The standard InChI is InChI=1S/C14H18N4O/c1-9-5-6-12(8-13(9)15-4)16-14(19)18-11(3)7-10(2)17-18/h5-8,15H,1-4H3,(H,16,19). The first-order valence-electron chi connectivity index (χ1n) is 6.14. The number of anilines is 2. The van der Waals surface area contributed by atoms with Gasteiger partial charge < -0.3 is 10.6 Å². The number of nitrogens with zero attached hydrogens (tertiary/aromatic N) is 2. The number of benzene rings is 1. The second-order valence-corrected chi connectivity index (χ2v) is 4.55. The quantitative estimate of drug-likeness (QED) is 0.870. The number of carbonyl (C=O) groups is 1.